The zero-order valence-electron chi connectivity index (χ0n) is 50.2. The van der Waals surface area contributed by atoms with E-state index < -0.39 is 23.3 Å². The van der Waals surface area contributed by atoms with Gasteiger partial charge in [0.1, 0.15) is 33.3 Å². The third kappa shape index (κ3) is 15.7. The van der Waals surface area contributed by atoms with Gasteiger partial charge in [-0.05, 0) is 101 Å². The summed E-state index contributed by atoms with van der Waals surface area (Å²) < 4.78 is 11.1. The molecular weight excluding hydrogens is 1120 g/mol. The second kappa shape index (κ2) is 27.5. The molecule has 454 valence electrons. The number of hydrogen-bond acceptors (Lipinski definition) is 14. The number of piperazine rings is 2. The summed E-state index contributed by atoms with van der Waals surface area (Å²) in [4.78, 5) is 105. The Balaban J connectivity index is 0.727. The fraction of sp³-hybridized carbons (Fsp3) is 0.455. The Morgan fingerprint density at radius 3 is 1.19 bits per heavy atom. The quantitative estimate of drug-likeness (QED) is 0.0880. The molecular formula is C66H80N10O8S2. The predicted octanol–water partition coefficient (Wildman–Crippen LogP) is 10.5. The highest BCUT2D eigenvalue weighted by Gasteiger charge is 2.39. The van der Waals surface area contributed by atoms with Gasteiger partial charge in [-0.2, -0.15) is 0 Å². The van der Waals surface area contributed by atoms with Crippen LogP contribution in [0.25, 0.3) is 32.0 Å². The average molecular weight is 1210 g/mol. The van der Waals surface area contributed by atoms with Crippen LogP contribution in [-0.2, 0) is 28.7 Å². The van der Waals surface area contributed by atoms with E-state index in [0.29, 0.717) is 78.5 Å². The summed E-state index contributed by atoms with van der Waals surface area (Å²) in [5, 5.41) is 7.91. The smallest absolute Gasteiger partial charge is 0.410 e. The molecule has 0 aliphatic carbocycles. The number of benzene rings is 4. The summed E-state index contributed by atoms with van der Waals surface area (Å²) in [6.45, 7) is 17.9. The van der Waals surface area contributed by atoms with Crippen molar-refractivity contribution in [3.05, 3.63) is 143 Å². The summed E-state index contributed by atoms with van der Waals surface area (Å²) in [5.41, 5.74) is 4.53. The van der Waals surface area contributed by atoms with Crippen molar-refractivity contribution in [2.24, 2.45) is 0 Å². The molecule has 6 amide bonds. The second-order valence-corrected chi connectivity index (χ2v) is 26.7. The van der Waals surface area contributed by atoms with Crippen LogP contribution < -0.4 is 10.6 Å². The standard InChI is InChI=1S/C66H80N10O8S2/c1-65(2,3)83-63(81)73-39-35-71(36-40-73)33-29-55(77)69-57(49-15-9-7-10-16-49)61(79)75-31-13-19-51(75)59-67-43-53(85-59)47-25-21-45(22-26-47)46-23-27-48(28-24-46)54-44-68-60(86-54)52-20-14-32-76(52)62(80)58(50-17-11-8-12-18-50)70-56(78)30-34-72-37-41-74(42-38-72)64(82)84-66(4,5)6/h7-12,15-18,21-28,43-44,51-52,57-58H,13-14,19-20,29-42H2,1-6H3,(H,69,77)(H,70,78)/t51-,52-,57+,58+/m0/s1. The topological polar surface area (TPSA) is 190 Å². The van der Waals surface area contributed by atoms with Crippen LogP contribution in [0, 0.1) is 0 Å². The van der Waals surface area contributed by atoms with E-state index in [1.54, 1.807) is 32.5 Å². The highest BCUT2D eigenvalue weighted by atomic mass is 32.1. The first-order valence-corrected chi connectivity index (χ1v) is 31.8. The molecule has 4 aliphatic rings. The van der Waals surface area contributed by atoms with Gasteiger partial charge in [0.15, 0.2) is 0 Å². The van der Waals surface area contributed by atoms with Gasteiger partial charge in [-0.15, -0.1) is 22.7 Å². The minimum atomic E-state index is -0.845. The van der Waals surface area contributed by atoms with E-state index in [1.807, 2.05) is 124 Å². The van der Waals surface area contributed by atoms with E-state index in [0.717, 1.165) is 78.8 Å². The van der Waals surface area contributed by atoms with Gasteiger partial charge in [0.05, 0.1) is 21.8 Å². The van der Waals surface area contributed by atoms with Gasteiger partial charge >= 0.3 is 12.2 Å². The van der Waals surface area contributed by atoms with Crippen molar-refractivity contribution in [2.75, 3.05) is 78.5 Å². The molecule has 4 aliphatic heterocycles. The maximum Gasteiger partial charge on any atom is 0.410 e. The first-order chi connectivity index (χ1) is 41.3. The van der Waals surface area contributed by atoms with Gasteiger partial charge in [0.2, 0.25) is 23.6 Å². The molecule has 86 heavy (non-hydrogen) atoms. The minimum absolute atomic E-state index is 0.150. The molecule has 0 radical (unpaired) electrons. The monoisotopic (exact) mass is 1200 g/mol. The number of amides is 6. The molecule has 4 aromatic carbocycles. The van der Waals surface area contributed by atoms with Crippen molar-refractivity contribution in [1.82, 2.24) is 50.0 Å². The summed E-state index contributed by atoms with van der Waals surface area (Å²) in [6, 6.07) is 33.7. The molecule has 18 nitrogen and oxygen atoms in total. The number of thiazole rings is 2. The van der Waals surface area contributed by atoms with Crippen LogP contribution in [0.15, 0.2) is 122 Å². The highest BCUT2D eigenvalue weighted by Crippen LogP contribution is 2.41. The van der Waals surface area contributed by atoms with E-state index in [4.69, 9.17) is 19.4 Å². The first-order valence-electron chi connectivity index (χ1n) is 30.2. The molecule has 2 N–H and O–H groups in total. The molecule has 0 bridgehead atoms. The minimum Gasteiger partial charge on any atom is -0.444 e. The molecule has 0 saturated carbocycles. The van der Waals surface area contributed by atoms with Crippen LogP contribution in [0.5, 0.6) is 0 Å². The Labute approximate surface area is 512 Å². The van der Waals surface area contributed by atoms with Crippen molar-refractivity contribution in [1.29, 1.82) is 0 Å². The summed E-state index contributed by atoms with van der Waals surface area (Å²) in [7, 11) is 0. The summed E-state index contributed by atoms with van der Waals surface area (Å²) in [6.07, 6.45) is 6.79. The first kappa shape index (κ1) is 61.6. The van der Waals surface area contributed by atoms with Crippen LogP contribution in [-0.4, -0.2) is 165 Å². The largest absolute Gasteiger partial charge is 0.444 e. The van der Waals surface area contributed by atoms with E-state index in [1.165, 1.54) is 0 Å². The number of nitrogens with zero attached hydrogens (tertiary/aromatic N) is 8. The zero-order chi connectivity index (χ0) is 60.5. The Hall–Kier alpha value is -7.52. The van der Waals surface area contributed by atoms with Crippen LogP contribution >= 0.6 is 22.7 Å². The van der Waals surface area contributed by atoms with Gasteiger partial charge in [-0.1, -0.05) is 109 Å². The van der Waals surface area contributed by atoms with Gasteiger partial charge in [0.25, 0.3) is 0 Å². The number of ether oxygens (including phenoxy) is 2. The van der Waals surface area contributed by atoms with Crippen molar-refractivity contribution in [2.45, 2.75) is 115 Å². The molecule has 4 atom stereocenters. The van der Waals surface area contributed by atoms with E-state index in [9.17, 15) is 28.8 Å². The molecule has 20 heteroatoms. The van der Waals surface area contributed by atoms with Crippen LogP contribution in [0.1, 0.15) is 125 Å². The van der Waals surface area contributed by atoms with Gasteiger partial charge in [-0.25, -0.2) is 19.6 Å². The average Bonchev–Trinajstić information content (AvgIpc) is 3.06. The van der Waals surface area contributed by atoms with Gasteiger partial charge < -0.3 is 39.7 Å². The predicted molar refractivity (Wildman–Crippen MR) is 334 cm³/mol. The van der Waals surface area contributed by atoms with Crippen LogP contribution in [0.4, 0.5) is 9.59 Å². The van der Waals surface area contributed by atoms with Crippen molar-refractivity contribution in [3.8, 4) is 32.0 Å². The number of likely N-dealkylation sites (tertiary alicyclic amines) is 2. The molecule has 4 fully saturated rings. The number of nitrogens with one attached hydrogen (secondary N) is 2. The van der Waals surface area contributed by atoms with Crippen molar-refractivity contribution < 1.29 is 38.2 Å². The third-order valence-electron chi connectivity index (χ3n) is 16.1. The normalized spacial score (nSPS) is 18.6. The fourth-order valence-corrected chi connectivity index (χ4v) is 13.7. The summed E-state index contributed by atoms with van der Waals surface area (Å²) in [5.74, 6) is -0.712. The van der Waals surface area contributed by atoms with E-state index in [2.05, 4.69) is 69.0 Å². The number of aromatic nitrogens is 2. The molecule has 10 rings (SSSR count). The SMILES string of the molecule is CC(C)(C)OC(=O)N1CCN(CCC(=O)N[C@@H](C(=O)N2CCC[C@H]2c2ncc(-c3ccc(-c4ccc(-c5cnc([C@@H]6CCCN6C(=O)[C@H](NC(=O)CCN6CCN(C(=O)OC(C)(C)C)CC6)c6ccccc6)s5)cc4)cc3)s2)c2ccccc2)CC1. The van der Waals surface area contributed by atoms with Crippen molar-refractivity contribution in [3.63, 3.8) is 0 Å². The Bertz CT molecular complexity index is 3070. The Morgan fingerprint density at radius 2 is 0.837 bits per heavy atom. The Morgan fingerprint density at radius 1 is 0.488 bits per heavy atom. The van der Waals surface area contributed by atoms with E-state index in [-0.39, 0.29) is 60.7 Å². The number of carbonyl (C=O) groups is 6. The lowest BCUT2D eigenvalue weighted by molar-refractivity contribution is -0.137. The maximum absolute atomic E-state index is 14.6. The number of hydrogen-bond donors (Lipinski definition) is 2. The molecule has 0 spiro atoms. The lowest BCUT2D eigenvalue weighted by Gasteiger charge is -2.35. The molecule has 6 aromatic rings. The molecule has 4 saturated heterocycles. The number of rotatable bonds is 17. The van der Waals surface area contributed by atoms with Gasteiger partial charge in [-0.3, -0.25) is 29.0 Å². The molecule has 2 aromatic heterocycles. The lowest BCUT2D eigenvalue weighted by Crippen LogP contribution is -2.50. The number of carbonyl (C=O) groups excluding carboxylic acids is 6. The summed E-state index contributed by atoms with van der Waals surface area (Å²) >= 11 is 3.18. The third-order valence-corrected chi connectivity index (χ3v) is 18.4. The van der Waals surface area contributed by atoms with Gasteiger partial charge in [0, 0.05) is 104 Å². The molecule has 0 unspecified atom stereocenters. The van der Waals surface area contributed by atoms with Crippen LogP contribution in [0.3, 0.4) is 0 Å². The van der Waals surface area contributed by atoms with E-state index >= 15 is 0 Å². The molecule has 6 heterocycles. The van der Waals surface area contributed by atoms with Crippen molar-refractivity contribution >= 4 is 58.5 Å². The maximum atomic E-state index is 14.6. The Kier molecular flexibility index (Phi) is 19.7. The highest BCUT2D eigenvalue weighted by molar-refractivity contribution is 7.15. The second-order valence-electron chi connectivity index (χ2n) is 24.6. The fourth-order valence-electron chi connectivity index (χ4n) is 11.5. The van der Waals surface area contributed by atoms with Crippen LogP contribution in [0.2, 0.25) is 0 Å². The zero-order valence-corrected chi connectivity index (χ0v) is 51.9. The lowest BCUT2D eigenvalue weighted by atomic mass is 10.0.